The molecule has 3 rings (SSSR count). The molecular formula is C18H21N3O2. The first kappa shape index (κ1) is 15.5. The summed E-state index contributed by atoms with van der Waals surface area (Å²) >= 11 is 0. The molecule has 5 nitrogen and oxygen atoms in total. The lowest BCUT2D eigenvalue weighted by Gasteiger charge is -2.15. The Kier molecular flexibility index (Phi) is 4.86. The molecule has 0 bridgehead atoms. The van der Waals surface area contributed by atoms with E-state index in [-0.39, 0.29) is 17.5 Å². The van der Waals surface area contributed by atoms with Gasteiger partial charge in [-0.1, -0.05) is 56.0 Å². The summed E-state index contributed by atoms with van der Waals surface area (Å²) in [4.78, 5) is 31.5. The number of aromatic amines is 1. The van der Waals surface area contributed by atoms with Crippen LogP contribution >= 0.6 is 0 Å². The van der Waals surface area contributed by atoms with Crippen molar-refractivity contribution in [2.45, 2.75) is 44.6 Å². The van der Waals surface area contributed by atoms with E-state index in [4.69, 9.17) is 0 Å². The maximum Gasteiger partial charge on any atom is 0.264 e. The molecule has 120 valence electrons. The Balaban J connectivity index is 1.75. The average molecular weight is 311 g/mol. The maximum absolute atomic E-state index is 12.3. The summed E-state index contributed by atoms with van der Waals surface area (Å²) in [7, 11) is 0. The number of nitrogens with one attached hydrogen (secondary N) is 2. The van der Waals surface area contributed by atoms with Crippen molar-refractivity contribution in [3.63, 3.8) is 0 Å². The zero-order valence-corrected chi connectivity index (χ0v) is 13.0. The second-order valence-corrected chi connectivity index (χ2v) is 6.00. The van der Waals surface area contributed by atoms with Gasteiger partial charge in [-0.15, -0.1) is 0 Å². The van der Waals surface area contributed by atoms with Crippen LogP contribution in [0.1, 0.15) is 48.9 Å². The lowest BCUT2D eigenvalue weighted by Crippen LogP contribution is -2.37. The molecule has 5 heteroatoms. The molecule has 0 atom stereocenters. The zero-order valence-electron chi connectivity index (χ0n) is 13.0. The minimum absolute atomic E-state index is 0.0777. The summed E-state index contributed by atoms with van der Waals surface area (Å²) in [5, 5.41) is 2.98. The number of benzene rings is 1. The van der Waals surface area contributed by atoms with E-state index in [1.165, 1.54) is 19.0 Å². The van der Waals surface area contributed by atoms with Gasteiger partial charge >= 0.3 is 0 Å². The third-order valence-corrected chi connectivity index (χ3v) is 4.28. The molecule has 0 saturated heterocycles. The molecule has 1 aromatic heterocycles. The van der Waals surface area contributed by atoms with Crippen LogP contribution in [0.15, 0.2) is 41.3 Å². The van der Waals surface area contributed by atoms with Crippen LogP contribution in [0.3, 0.4) is 0 Å². The van der Waals surface area contributed by atoms with Crippen molar-refractivity contribution in [1.82, 2.24) is 15.3 Å². The SMILES string of the molecule is O=C(NC1CCCCCC1)c1cnc(-c2ccccc2)[nH]c1=O. The highest BCUT2D eigenvalue weighted by Crippen LogP contribution is 2.17. The molecule has 0 spiro atoms. The van der Waals surface area contributed by atoms with E-state index in [1.807, 2.05) is 30.3 Å². The lowest BCUT2D eigenvalue weighted by atomic mass is 10.1. The first-order valence-electron chi connectivity index (χ1n) is 8.19. The van der Waals surface area contributed by atoms with Crippen LogP contribution in [0, 0.1) is 0 Å². The Morgan fingerprint density at radius 2 is 1.78 bits per heavy atom. The van der Waals surface area contributed by atoms with Gasteiger partial charge in [-0.05, 0) is 12.8 Å². The van der Waals surface area contributed by atoms with E-state index >= 15 is 0 Å². The predicted molar refractivity (Wildman–Crippen MR) is 89.2 cm³/mol. The summed E-state index contributed by atoms with van der Waals surface area (Å²) in [6, 6.07) is 9.55. The third-order valence-electron chi connectivity index (χ3n) is 4.28. The van der Waals surface area contributed by atoms with Gasteiger partial charge in [-0.3, -0.25) is 9.59 Å². The van der Waals surface area contributed by atoms with Crippen molar-refractivity contribution >= 4 is 5.91 Å². The maximum atomic E-state index is 12.3. The fourth-order valence-corrected chi connectivity index (χ4v) is 2.99. The van der Waals surface area contributed by atoms with Crippen LogP contribution < -0.4 is 10.9 Å². The van der Waals surface area contributed by atoms with Crippen LogP contribution in [-0.4, -0.2) is 21.9 Å². The standard InChI is InChI=1S/C18H21N3O2/c22-17(20-14-10-6-1-2-7-11-14)15-12-19-16(21-18(15)23)13-8-4-3-5-9-13/h3-5,8-9,12,14H,1-2,6-7,10-11H2,(H,20,22)(H,19,21,23). The topological polar surface area (TPSA) is 74.8 Å². The minimum atomic E-state index is -0.398. The summed E-state index contributed by atoms with van der Waals surface area (Å²) in [6.45, 7) is 0. The van der Waals surface area contributed by atoms with E-state index in [9.17, 15) is 9.59 Å². The van der Waals surface area contributed by atoms with Crippen molar-refractivity contribution in [2.24, 2.45) is 0 Å². The molecule has 0 unspecified atom stereocenters. The molecule has 23 heavy (non-hydrogen) atoms. The largest absolute Gasteiger partial charge is 0.349 e. The summed E-state index contributed by atoms with van der Waals surface area (Å²) < 4.78 is 0. The van der Waals surface area contributed by atoms with Gasteiger partial charge in [-0.25, -0.2) is 4.98 Å². The van der Waals surface area contributed by atoms with Gasteiger partial charge in [-0.2, -0.15) is 0 Å². The molecule has 0 radical (unpaired) electrons. The lowest BCUT2D eigenvalue weighted by molar-refractivity contribution is 0.0931. The van der Waals surface area contributed by atoms with Gasteiger partial charge in [0, 0.05) is 17.8 Å². The summed E-state index contributed by atoms with van der Waals surface area (Å²) in [5.74, 6) is 0.145. The van der Waals surface area contributed by atoms with E-state index in [1.54, 1.807) is 0 Å². The Morgan fingerprint density at radius 1 is 1.09 bits per heavy atom. The molecule has 2 N–H and O–H groups in total. The van der Waals surface area contributed by atoms with Crippen molar-refractivity contribution in [3.8, 4) is 11.4 Å². The highest BCUT2D eigenvalue weighted by molar-refractivity contribution is 5.93. The number of aromatic nitrogens is 2. The number of hydrogen-bond acceptors (Lipinski definition) is 3. The molecule has 1 aliphatic rings. The molecule has 1 amide bonds. The fourth-order valence-electron chi connectivity index (χ4n) is 2.99. The first-order valence-corrected chi connectivity index (χ1v) is 8.19. The number of rotatable bonds is 3. The van der Waals surface area contributed by atoms with Crippen LogP contribution in [0.5, 0.6) is 0 Å². The van der Waals surface area contributed by atoms with Crippen LogP contribution in [-0.2, 0) is 0 Å². The van der Waals surface area contributed by atoms with E-state index in [2.05, 4.69) is 15.3 Å². The van der Waals surface area contributed by atoms with Gasteiger partial charge in [0.25, 0.3) is 11.5 Å². The van der Waals surface area contributed by atoms with Gasteiger partial charge in [0.1, 0.15) is 11.4 Å². The molecule has 2 aromatic rings. The van der Waals surface area contributed by atoms with Crippen molar-refractivity contribution in [1.29, 1.82) is 0 Å². The predicted octanol–water partition coefficient (Wildman–Crippen LogP) is 2.89. The normalized spacial score (nSPS) is 15.8. The number of nitrogens with zero attached hydrogens (tertiary/aromatic N) is 1. The minimum Gasteiger partial charge on any atom is -0.349 e. The van der Waals surface area contributed by atoms with E-state index in [0.29, 0.717) is 5.82 Å². The smallest absolute Gasteiger partial charge is 0.264 e. The molecule has 1 saturated carbocycles. The first-order chi connectivity index (χ1) is 11.2. The number of hydrogen-bond donors (Lipinski definition) is 2. The van der Waals surface area contributed by atoms with Crippen molar-refractivity contribution in [2.75, 3.05) is 0 Å². The Morgan fingerprint density at radius 3 is 2.43 bits per heavy atom. The van der Waals surface area contributed by atoms with Gasteiger partial charge in [0.15, 0.2) is 0 Å². The number of carbonyl (C=O) groups excluding carboxylic acids is 1. The zero-order chi connectivity index (χ0) is 16.1. The van der Waals surface area contributed by atoms with E-state index < -0.39 is 5.56 Å². The van der Waals surface area contributed by atoms with Crippen molar-refractivity contribution in [3.05, 3.63) is 52.4 Å². The second kappa shape index (κ2) is 7.22. The monoisotopic (exact) mass is 311 g/mol. The number of carbonyl (C=O) groups is 1. The molecule has 1 aromatic carbocycles. The van der Waals surface area contributed by atoms with Gasteiger partial charge in [0.05, 0.1) is 0 Å². The molecule has 1 heterocycles. The van der Waals surface area contributed by atoms with Crippen LogP contribution in [0.25, 0.3) is 11.4 Å². The van der Waals surface area contributed by atoms with Gasteiger partial charge < -0.3 is 10.3 Å². The summed E-state index contributed by atoms with van der Waals surface area (Å²) in [5.41, 5.74) is 0.499. The molecular weight excluding hydrogens is 290 g/mol. The number of H-pyrrole nitrogens is 1. The van der Waals surface area contributed by atoms with E-state index in [0.717, 1.165) is 31.2 Å². The van der Waals surface area contributed by atoms with Gasteiger partial charge in [0.2, 0.25) is 0 Å². The van der Waals surface area contributed by atoms with Crippen LogP contribution in [0.4, 0.5) is 0 Å². The summed E-state index contributed by atoms with van der Waals surface area (Å²) in [6.07, 6.45) is 8.05. The third kappa shape index (κ3) is 3.86. The second-order valence-electron chi connectivity index (χ2n) is 6.00. The molecule has 1 fully saturated rings. The highest BCUT2D eigenvalue weighted by Gasteiger charge is 2.18. The fraction of sp³-hybridized carbons (Fsp3) is 0.389. The van der Waals surface area contributed by atoms with Crippen LogP contribution in [0.2, 0.25) is 0 Å². The molecule has 1 aliphatic carbocycles. The number of amides is 1. The Labute approximate surface area is 135 Å². The van der Waals surface area contributed by atoms with Crippen molar-refractivity contribution < 1.29 is 4.79 Å². The highest BCUT2D eigenvalue weighted by atomic mass is 16.2. The Hall–Kier alpha value is -2.43. The Bertz CT molecular complexity index is 717. The molecule has 0 aliphatic heterocycles. The average Bonchev–Trinajstić information content (AvgIpc) is 2.84. The quantitative estimate of drug-likeness (QED) is 0.856.